The minimum absolute atomic E-state index is 0.688. The first-order valence-corrected chi connectivity index (χ1v) is 8.92. The highest BCUT2D eigenvalue weighted by atomic mass is 16.5. The van der Waals surface area contributed by atoms with E-state index in [0.717, 1.165) is 46.5 Å². The smallest absolute Gasteiger partial charge is 0.166 e. The van der Waals surface area contributed by atoms with E-state index in [-0.39, 0.29) is 0 Å². The van der Waals surface area contributed by atoms with E-state index in [1.807, 2.05) is 31.5 Å². The molecule has 2 aromatic carbocycles. The van der Waals surface area contributed by atoms with E-state index < -0.39 is 0 Å². The van der Waals surface area contributed by atoms with Crippen LogP contribution in [0.4, 0.5) is 0 Å². The Balaban J connectivity index is 1.70. The third-order valence-corrected chi connectivity index (χ3v) is 5.12. The van der Waals surface area contributed by atoms with E-state index in [0.29, 0.717) is 6.54 Å². The van der Waals surface area contributed by atoms with E-state index in [1.165, 1.54) is 5.56 Å². The summed E-state index contributed by atoms with van der Waals surface area (Å²) in [6.07, 6.45) is 2.71. The number of benzene rings is 2. The summed E-state index contributed by atoms with van der Waals surface area (Å²) in [5.74, 6) is 2.55. The molecular formula is C21H19N5O. The summed E-state index contributed by atoms with van der Waals surface area (Å²) in [7, 11) is 1.68. The molecule has 0 amide bonds. The molecule has 0 aliphatic carbocycles. The zero-order valence-electron chi connectivity index (χ0n) is 15.3. The Morgan fingerprint density at radius 2 is 1.93 bits per heavy atom. The highest BCUT2D eigenvalue weighted by molar-refractivity contribution is 5.71. The number of aryl methyl sites for hydroxylation is 1. The number of ether oxygens (including phenoxy) is 1. The molecule has 0 fully saturated rings. The quantitative estimate of drug-likeness (QED) is 0.497. The molecule has 3 heterocycles. The van der Waals surface area contributed by atoms with Crippen molar-refractivity contribution in [2.45, 2.75) is 19.9 Å². The van der Waals surface area contributed by atoms with Gasteiger partial charge in [-0.1, -0.05) is 30.3 Å². The predicted octanol–water partition coefficient (Wildman–Crippen LogP) is 3.40. The van der Waals surface area contributed by atoms with Crippen LogP contribution in [-0.4, -0.2) is 31.4 Å². The van der Waals surface area contributed by atoms with Crippen molar-refractivity contribution < 1.29 is 4.74 Å². The Morgan fingerprint density at radius 1 is 1.07 bits per heavy atom. The number of aromatic nitrogens is 5. The van der Waals surface area contributed by atoms with Crippen LogP contribution in [0.5, 0.6) is 5.75 Å². The summed E-state index contributed by atoms with van der Waals surface area (Å²) in [4.78, 5) is 4.74. The molecule has 4 aromatic rings. The van der Waals surface area contributed by atoms with Gasteiger partial charge in [-0.05, 0) is 30.7 Å². The van der Waals surface area contributed by atoms with E-state index in [2.05, 4.69) is 49.7 Å². The maximum atomic E-state index is 5.43. The molecule has 27 heavy (non-hydrogen) atoms. The Morgan fingerprint density at radius 3 is 2.74 bits per heavy atom. The van der Waals surface area contributed by atoms with Gasteiger partial charge in [-0.2, -0.15) is 0 Å². The number of methoxy groups -OCH3 is 1. The van der Waals surface area contributed by atoms with Gasteiger partial charge in [0.25, 0.3) is 0 Å². The average Bonchev–Trinajstić information content (AvgIpc) is 3.22. The van der Waals surface area contributed by atoms with Gasteiger partial charge in [-0.25, -0.2) is 4.98 Å². The largest absolute Gasteiger partial charge is 0.497 e. The van der Waals surface area contributed by atoms with Crippen molar-refractivity contribution in [3.05, 3.63) is 77.6 Å². The highest BCUT2D eigenvalue weighted by Crippen LogP contribution is 2.34. The van der Waals surface area contributed by atoms with E-state index in [1.54, 1.807) is 7.11 Å². The third kappa shape index (κ3) is 2.52. The zero-order valence-corrected chi connectivity index (χ0v) is 15.3. The van der Waals surface area contributed by atoms with Crippen LogP contribution in [0.2, 0.25) is 0 Å². The van der Waals surface area contributed by atoms with Crippen molar-refractivity contribution in [1.29, 1.82) is 0 Å². The first kappa shape index (κ1) is 15.8. The number of fused-ring (bicyclic) bond motifs is 5. The van der Waals surface area contributed by atoms with Gasteiger partial charge in [0, 0.05) is 12.0 Å². The van der Waals surface area contributed by atoms with Crippen LogP contribution in [-0.2, 0) is 13.0 Å². The summed E-state index contributed by atoms with van der Waals surface area (Å²) in [5.41, 5.74) is 5.52. The second-order valence-electron chi connectivity index (χ2n) is 6.71. The number of imidazole rings is 1. The Bertz CT molecular complexity index is 1130. The third-order valence-electron chi connectivity index (χ3n) is 5.12. The van der Waals surface area contributed by atoms with E-state index in [9.17, 15) is 0 Å². The fourth-order valence-electron chi connectivity index (χ4n) is 3.67. The first-order chi connectivity index (χ1) is 13.2. The molecule has 2 aromatic heterocycles. The standard InChI is InChI=1S/C21H19N5O/c1-14-23-24-21-17-11-16(27-2)8-9-19(17)26-13-22-18(20(26)12-25(14)21)10-15-6-4-3-5-7-15/h3-9,11,13H,10,12H2,1-2H3. The molecule has 0 radical (unpaired) electrons. The average molecular weight is 357 g/mol. The highest BCUT2D eigenvalue weighted by Gasteiger charge is 2.25. The van der Waals surface area contributed by atoms with Crippen LogP contribution in [0.15, 0.2) is 54.9 Å². The van der Waals surface area contributed by atoms with E-state index in [4.69, 9.17) is 9.72 Å². The van der Waals surface area contributed by atoms with Crippen molar-refractivity contribution in [2.24, 2.45) is 0 Å². The maximum absolute atomic E-state index is 5.43. The van der Waals surface area contributed by atoms with Gasteiger partial charge >= 0.3 is 0 Å². The first-order valence-electron chi connectivity index (χ1n) is 8.92. The van der Waals surface area contributed by atoms with Crippen molar-refractivity contribution in [2.75, 3.05) is 7.11 Å². The molecule has 0 saturated heterocycles. The molecule has 0 saturated carbocycles. The lowest BCUT2D eigenvalue weighted by molar-refractivity contribution is 0.415. The summed E-state index contributed by atoms with van der Waals surface area (Å²) < 4.78 is 9.75. The Kier molecular flexibility index (Phi) is 3.57. The van der Waals surface area contributed by atoms with Crippen molar-refractivity contribution in [1.82, 2.24) is 24.3 Å². The van der Waals surface area contributed by atoms with Gasteiger partial charge in [-0.15, -0.1) is 10.2 Å². The lowest BCUT2D eigenvalue weighted by Crippen LogP contribution is -2.07. The topological polar surface area (TPSA) is 57.8 Å². The molecule has 134 valence electrons. The Labute approximate surface area is 157 Å². The van der Waals surface area contributed by atoms with Crippen molar-refractivity contribution >= 4 is 0 Å². The minimum atomic E-state index is 0.688. The number of hydrogen-bond acceptors (Lipinski definition) is 4. The van der Waals surface area contributed by atoms with Gasteiger partial charge < -0.3 is 13.9 Å². The second-order valence-corrected chi connectivity index (χ2v) is 6.71. The minimum Gasteiger partial charge on any atom is -0.497 e. The van der Waals surface area contributed by atoms with Gasteiger partial charge in [0.2, 0.25) is 0 Å². The molecule has 0 bridgehead atoms. The molecule has 6 heteroatoms. The number of hydrogen-bond donors (Lipinski definition) is 0. The molecule has 0 unspecified atom stereocenters. The van der Waals surface area contributed by atoms with Crippen LogP contribution in [0.3, 0.4) is 0 Å². The monoisotopic (exact) mass is 357 g/mol. The van der Waals surface area contributed by atoms with Crippen LogP contribution in [0.1, 0.15) is 22.8 Å². The molecule has 0 spiro atoms. The summed E-state index contributed by atoms with van der Waals surface area (Å²) in [6.45, 7) is 2.67. The summed E-state index contributed by atoms with van der Waals surface area (Å²) in [5, 5.41) is 8.74. The van der Waals surface area contributed by atoms with Gasteiger partial charge in [-0.3, -0.25) is 0 Å². The van der Waals surface area contributed by atoms with E-state index >= 15 is 0 Å². The van der Waals surface area contributed by atoms with Gasteiger partial charge in [0.05, 0.1) is 37.1 Å². The molecule has 5 rings (SSSR count). The normalized spacial score (nSPS) is 12.1. The van der Waals surface area contributed by atoms with Gasteiger partial charge in [0.15, 0.2) is 5.82 Å². The Hall–Kier alpha value is -3.41. The molecular weight excluding hydrogens is 338 g/mol. The van der Waals surface area contributed by atoms with Crippen molar-refractivity contribution in [3.8, 4) is 22.8 Å². The lowest BCUT2D eigenvalue weighted by Gasteiger charge is -2.10. The molecule has 1 aliphatic heterocycles. The predicted molar refractivity (Wildman–Crippen MR) is 102 cm³/mol. The summed E-state index contributed by atoms with van der Waals surface area (Å²) in [6, 6.07) is 16.5. The van der Waals surface area contributed by atoms with Gasteiger partial charge in [0.1, 0.15) is 11.6 Å². The number of rotatable bonds is 3. The number of nitrogens with zero attached hydrogens (tertiary/aromatic N) is 5. The molecule has 0 N–H and O–H groups in total. The maximum Gasteiger partial charge on any atom is 0.166 e. The fourth-order valence-corrected chi connectivity index (χ4v) is 3.67. The SMILES string of the molecule is COc1ccc2c(c1)-c1nnc(C)n1Cc1c(Cc3ccccc3)ncn1-2. The van der Waals surface area contributed by atoms with Crippen LogP contribution in [0, 0.1) is 6.92 Å². The summed E-state index contributed by atoms with van der Waals surface area (Å²) >= 11 is 0. The second kappa shape index (κ2) is 6.09. The fraction of sp³-hybridized carbons (Fsp3) is 0.190. The van der Waals surface area contributed by atoms with Crippen LogP contribution >= 0.6 is 0 Å². The van der Waals surface area contributed by atoms with Crippen LogP contribution < -0.4 is 4.74 Å². The van der Waals surface area contributed by atoms with Crippen LogP contribution in [0.25, 0.3) is 17.1 Å². The molecule has 1 aliphatic rings. The molecule has 0 atom stereocenters. The van der Waals surface area contributed by atoms with Crippen molar-refractivity contribution in [3.63, 3.8) is 0 Å². The lowest BCUT2D eigenvalue weighted by atomic mass is 10.1. The molecule has 6 nitrogen and oxygen atoms in total. The zero-order chi connectivity index (χ0) is 18.4.